The van der Waals surface area contributed by atoms with E-state index in [-0.39, 0.29) is 11.7 Å². The molecule has 1 aliphatic heterocycles. The molecule has 1 saturated heterocycles. The second-order valence-electron chi connectivity index (χ2n) is 6.76. The lowest BCUT2D eigenvalue weighted by Crippen LogP contribution is -2.32. The van der Waals surface area contributed by atoms with Crippen LogP contribution in [0.15, 0.2) is 36.5 Å². The van der Waals surface area contributed by atoms with Gasteiger partial charge in [0.15, 0.2) is 5.65 Å². The quantitative estimate of drug-likeness (QED) is 0.703. The van der Waals surface area contributed by atoms with Crippen molar-refractivity contribution in [1.29, 1.82) is 0 Å². The van der Waals surface area contributed by atoms with Crippen molar-refractivity contribution in [3.8, 4) is 5.69 Å². The van der Waals surface area contributed by atoms with E-state index in [9.17, 15) is 9.18 Å². The Labute approximate surface area is 151 Å². The highest BCUT2D eigenvalue weighted by Crippen LogP contribution is 2.24. The molecule has 5 nitrogen and oxygen atoms in total. The van der Waals surface area contributed by atoms with E-state index >= 15 is 0 Å². The largest absolute Gasteiger partial charge is 0.339 e. The monoisotopic (exact) mass is 352 g/mol. The van der Waals surface area contributed by atoms with E-state index < -0.39 is 0 Å². The number of amides is 1. The summed E-state index contributed by atoms with van der Waals surface area (Å²) in [5.74, 6) is -0.364. The maximum Gasteiger partial charge on any atom is 0.254 e. The van der Waals surface area contributed by atoms with Crippen LogP contribution in [0.25, 0.3) is 16.7 Å². The number of para-hydroxylation sites is 1. The van der Waals surface area contributed by atoms with E-state index in [2.05, 4.69) is 10.1 Å². The first-order valence-electron chi connectivity index (χ1n) is 9.05. The van der Waals surface area contributed by atoms with E-state index in [1.165, 1.54) is 23.6 Å². The number of nitrogens with zero attached hydrogens (tertiary/aromatic N) is 4. The minimum atomic E-state index is -0.374. The predicted octanol–water partition coefficient (Wildman–Crippen LogP) is 3.88. The van der Waals surface area contributed by atoms with Crippen molar-refractivity contribution in [3.63, 3.8) is 0 Å². The number of fused-ring (bicyclic) bond motifs is 1. The highest BCUT2D eigenvalue weighted by molar-refractivity contribution is 6.05. The maximum absolute atomic E-state index is 14.2. The summed E-state index contributed by atoms with van der Waals surface area (Å²) < 4.78 is 15.7. The van der Waals surface area contributed by atoms with Crippen LogP contribution in [0.1, 0.15) is 41.7 Å². The standard InChI is InChI=1S/C20H21FN4O/c1-14-12-15(20(26)24-10-6-2-3-7-11-24)16-13-22-25(19(16)23-14)18-9-5-4-8-17(18)21/h4-5,8-9,12-13H,2-3,6-7,10-11H2,1H3. The van der Waals surface area contributed by atoms with E-state index in [0.717, 1.165) is 25.9 Å². The molecular formula is C20H21FN4O. The summed E-state index contributed by atoms with van der Waals surface area (Å²) in [5, 5.41) is 4.98. The molecule has 26 heavy (non-hydrogen) atoms. The third kappa shape index (κ3) is 2.96. The SMILES string of the molecule is Cc1cc(C(=O)N2CCCCCC2)c2cnn(-c3ccccc3F)c2n1. The Morgan fingerprint density at radius 1 is 1.12 bits per heavy atom. The number of aryl methyl sites for hydroxylation is 1. The molecule has 3 aromatic rings. The fourth-order valence-corrected chi connectivity index (χ4v) is 3.55. The molecule has 0 N–H and O–H groups in total. The summed E-state index contributed by atoms with van der Waals surface area (Å²) in [4.78, 5) is 19.6. The summed E-state index contributed by atoms with van der Waals surface area (Å²) >= 11 is 0. The van der Waals surface area contributed by atoms with E-state index in [4.69, 9.17) is 0 Å². The van der Waals surface area contributed by atoms with Gasteiger partial charge in [0.25, 0.3) is 5.91 Å². The van der Waals surface area contributed by atoms with E-state index in [1.807, 2.05) is 17.9 Å². The van der Waals surface area contributed by atoms with Gasteiger partial charge in [0.05, 0.1) is 17.1 Å². The van der Waals surface area contributed by atoms with Crippen molar-refractivity contribution in [1.82, 2.24) is 19.7 Å². The molecule has 0 atom stereocenters. The Hall–Kier alpha value is -2.76. The molecule has 1 fully saturated rings. The lowest BCUT2D eigenvalue weighted by Gasteiger charge is -2.20. The lowest BCUT2D eigenvalue weighted by atomic mass is 10.1. The van der Waals surface area contributed by atoms with Crippen molar-refractivity contribution in [2.24, 2.45) is 0 Å². The Morgan fingerprint density at radius 3 is 2.58 bits per heavy atom. The van der Waals surface area contributed by atoms with Gasteiger partial charge in [-0.2, -0.15) is 5.10 Å². The van der Waals surface area contributed by atoms with Gasteiger partial charge in [-0.1, -0.05) is 25.0 Å². The Balaban J connectivity index is 1.82. The number of carbonyl (C=O) groups excluding carboxylic acids is 1. The highest BCUT2D eigenvalue weighted by atomic mass is 19.1. The Kier molecular flexibility index (Phi) is 4.41. The molecule has 6 heteroatoms. The normalized spacial score (nSPS) is 15.2. The molecule has 0 aliphatic carbocycles. The number of hydrogen-bond donors (Lipinski definition) is 0. The summed E-state index contributed by atoms with van der Waals surface area (Å²) in [7, 11) is 0. The van der Waals surface area contributed by atoms with Gasteiger partial charge >= 0.3 is 0 Å². The van der Waals surface area contributed by atoms with Crippen molar-refractivity contribution < 1.29 is 9.18 Å². The molecule has 1 aromatic carbocycles. The van der Waals surface area contributed by atoms with Gasteiger partial charge in [-0.05, 0) is 38.0 Å². The van der Waals surface area contributed by atoms with Gasteiger partial charge in [0, 0.05) is 18.8 Å². The molecule has 3 heterocycles. The third-order valence-electron chi connectivity index (χ3n) is 4.87. The minimum Gasteiger partial charge on any atom is -0.339 e. The lowest BCUT2D eigenvalue weighted by molar-refractivity contribution is 0.0763. The molecule has 0 bridgehead atoms. The first-order chi connectivity index (χ1) is 12.6. The van der Waals surface area contributed by atoms with Crippen LogP contribution in [0.3, 0.4) is 0 Å². The van der Waals surface area contributed by atoms with Crippen LogP contribution >= 0.6 is 0 Å². The Bertz CT molecular complexity index is 958. The zero-order valence-electron chi connectivity index (χ0n) is 14.8. The zero-order chi connectivity index (χ0) is 18.1. The van der Waals surface area contributed by atoms with Crippen molar-refractivity contribution >= 4 is 16.9 Å². The molecule has 2 aromatic heterocycles. The number of pyridine rings is 1. The van der Waals surface area contributed by atoms with Crippen LogP contribution in [0.4, 0.5) is 4.39 Å². The van der Waals surface area contributed by atoms with Crippen LogP contribution < -0.4 is 0 Å². The summed E-state index contributed by atoms with van der Waals surface area (Å²) in [5.41, 5.74) is 2.15. The van der Waals surface area contributed by atoms with Crippen molar-refractivity contribution in [2.75, 3.05) is 13.1 Å². The number of carbonyl (C=O) groups is 1. The van der Waals surface area contributed by atoms with Gasteiger partial charge in [-0.25, -0.2) is 14.1 Å². The second kappa shape index (κ2) is 6.86. The van der Waals surface area contributed by atoms with Crippen molar-refractivity contribution in [2.45, 2.75) is 32.6 Å². The number of halogens is 1. The molecule has 134 valence electrons. The van der Waals surface area contributed by atoms with Crippen LogP contribution in [-0.2, 0) is 0 Å². The van der Waals surface area contributed by atoms with Gasteiger partial charge in [-0.3, -0.25) is 4.79 Å². The average molecular weight is 352 g/mol. The molecule has 4 rings (SSSR count). The van der Waals surface area contributed by atoms with Gasteiger partial charge in [0.2, 0.25) is 0 Å². The maximum atomic E-state index is 14.2. The third-order valence-corrected chi connectivity index (χ3v) is 4.87. The van der Waals surface area contributed by atoms with E-state index in [0.29, 0.717) is 28.0 Å². The van der Waals surface area contributed by atoms with Gasteiger partial charge < -0.3 is 4.90 Å². The van der Waals surface area contributed by atoms with Crippen molar-refractivity contribution in [3.05, 3.63) is 53.6 Å². The molecular weight excluding hydrogens is 331 g/mol. The fourth-order valence-electron chi connectivity index (χ4n) is 3.55. The van der Waals surface area contributed by atoms with Crippen LogP contribution in [-0.4, -0.2) is 38.7 Å². The predicted molar refractivity (Wildman–Crippen MR) is 97.9 cm³/mol. The van der Waals surface area contributed by atoms with Gasteiger partial charge in [0.1, 0.15) is 11.5 Å². The second-order valence-corrected chi connectivity index (χ2v) is 6.76. The smallest absolute Gasteiger partial charge is 0.254 e. The fraction of sp³-hybridized carbons (Fsp3) is 0.350. The summed E-state index contributed by atoms with van der Waals surface area (Å²) in [6.07, 6.45) is 6.01. The molecule has 1 aliphatic rings. The number of benzene rings is 1. The molecule has 0 radical (unpaired) electrons. The van der Waals surface area contributed by atoms with Crippen LogP contribution in [0, 0.1) is 12.7 Å². The Morgan fingerprint density at radius 2 is 1.85 bits per heavy atom. The first kappa shape index (κ1) is 16.7. The zero-order valence-corrected chi connectivity index (χ0v) is 14.8. The average Bonchev–Trinajstić information content (AvgIpc) is 2.87. The molecule has 0 saturated carbocycles. The summed E-state index contributed by atoms with van der Waals surface area (Å²) in [6, 6.07) is 8.25. The number of aromatic nitrogens is 3. The van der Waals surface area contributed by atoms with Crippen LogP contribution in [0.2, 0.25) is 0 Å². The molecule has 1 amide bonds. The number of hydrogen-bond acceptors (Lipinski definition) is 3. The minimum absolute atomic E-state index is 0.00971. The highest BCUT2D eigenvalue weighted by Gasteiger charge is 2.22. The topological polar surface area (TPSA) is 51.0 Å². The molecule has 0 spiro atoms. The number of likely N-dealkylation sites (tertiary alicyclic amines) is 1. The van der Waals surface area contributed by atoms with E-state index in [1.54, 1.807) is 24.4 Å². The molecule has 0 unspecified atom stereocenters. The number of rotatable bonds is 2. The van der Waals surface area contributed by atoms with Gasteiger partial charge in [-0.15, -0.1) is 0 Å². The first-order valence-corrected chi connectivity index (χ1v) is 9.05. The van der Waals surface area contributed by atoms with Crippen LogP contribution in [0.5, 0.6) is 0 Å². The summed E-state index contributed by atoms with van der Waals surface area (Å²) in [6.45, 7) is 3.41.